The van der Waals surface area contributed by atoms with Gasteiger partial charge in [0, 0.05) is 12.1 Å². The van der Waals surface area contributed by atoms with E-state index >= 15 is 0 Å². The summed E-state index contributed by atoms with van der Waals surface area (Å²) in [4.78, 5) is 12.2. The summed E-state index contributed by atoms with van der Waals surface area (Å²) in [6.07, 6.45) is 0.476. The normalized spacial score (nSPS) is 10.9. The largest absolute Gasteiger partial charge is 0.465 e. The first-order chi connectivity index (χ1) is 13.3. The van der Waals surface area contributed by atoms with Crippen LogP contribution in [0.5, 0.6) is 5.75 Å². The van der Waals surface area contributed by atoms with Crippen molar-refractivity contribution in [3.63, 3.8) is 0 Å². The van der Waals surface area contributed by atoms with E-state index in [1.54, 1.807) is 19.2 Å². The maximum absolute atomic E-state index is 12.3. The highest BCUT2D eigenvalue weighted by molar-refractivity contribution is 5.65. The molecule has 0 atom stereocenters. The van der Waals surface area contributed by atoms with Gasteiger partial charge in [-0.05, 0) is 60.9 Å². The van der Waals surface area contributed by atoms with E-state index in [-0.39, 0.29) is 12.3 Å². The van der Waals surface area contributed by atoms with Crippen molar-refractivity contribution in [1.29, 1.82) is 0 Å². The molecule has 1 amide bonds. The number of aryl methyl sites for hydroxylation is 2. The standard InChI is InChI=1S/C19H18F2N4O3/c1-11-3-4-14(8-13(11)9-22-19(26)27)25-23-10-17(24-25)16-6-5-15(7-12(16)2)28-18(20)21/h3-8,10,18,22H,9H2,1-2H3,(H,26,27). The molecule has 3 rings (SSSR count). The molecule has 0 aliphatic rings. The molecule has 2 N–H and O–H groups in total. The molecule has 0 aliphatic carbocycles. The zero-order valence-electron chi connectivity index (χ0n) is 15.2. The Hall–Kier alpha value is -3.49. The van der Waals surface area contributed by atoms with Gasteiger partial charge >= 0.3 is 12.7 Å². The summed E-state index contributed by atoms with van der Waals surface area (Å²) in [7, 11) is 0. The number of carboxylic acid groups (broad SMARTS) is 1. The first kappa shape index (κ1) is 19.3. The lowest BCUT2D eigenvalue weighted by molar-refractivity contribution is -0.0498. The lowest BCUT2D eigenvalue weighted by Crippen LogP contribution is -2.20. The monoisotopic (exact) mass is 388 g/mol. The van der Waals surface area contributed by atoms with Crippen LogP contribution in [0.15, 0.2) is 42.6 Å². The molecular formula is C19H18F2N4O3. The Labute approximate surface area is 159 Å². The van der Waals surface area contributed by atoms with Crippen LogP contribution in [0, 0.1) is 13.8 Å². The molecule has 146 valence electrons. The highest BCUT2D eigenvalue weighted by Crippen LogP contribution is 2.26. The predicted octanol–water partition coefficient (Wildman–Crippen LogP) is 3.92. The average molecular weight is 388 g/mol. The Balaban J connectivity index is 1.86. The molecule has 28 heavy (non-hydrogen) atoms. The fraction of sp³-hybridized carbons (Fsp3) is 0.211. The Morgan fingerprint density at radius 3 is 2.68 bits per heavy atom. The number of hydrogen-bond donors (Lipinski definition) is 2. The lowest BCUT2D eigenvalue weighted by atomic mass is 10.1. The highest BCUT2D eigenvalue weighted by atomic mass is 19.3. The number of nitrogens with zero attached hydrogens (tertiary/aromatic N) is 3. The number of amides is 1. The molecule has 7 nitrogen and oxygen atoms in total. The summed E-state index contributed by atoms with van der Waals surface area (Å²) < 4.78 is 29.1. The summed E-state index contributed by atoms with van der Waals surface area (Å²) >= 11 is 0. The van der Waals surface area contributed by atoms with Gasteiger partial charge in [0.15, 0.2) is 0 Å². The van der Waals surface area contributed by atoms with Crippen molar-refractivity contribution in [2.75, 3.05) is 0 Å². The van der Waals surface area contributed by atoms with Crippen LogP contribution in [-0.2, 0) is 6.54 Å². The molecule has 0 fully saturated rings. The predicted molar refractivity (Wildman–Crippen MR) is 97.8 cm³/mol. The molecule has 2 aromatic carbocycles. The van der Waals surface area contributed by atoms with Gasteiger partial charge < -0.3 is 15.2 Å². The zero-order chi connectivity index (χ0) is 20.3. The average Bonchev–Trinajstić information content (AvgIpc) is 3.10. The highest BCUT2D eigenvalue weighted by Gasteiger charge is 2.12. The summed E-state index contributed by atoms with van der Waals surface area (Å²) in [5.41, 5.74) is 4.47. The zero-order valence-corrected chi connectivity index (χ0v) is 15.2. The second-order valence-electron chi connectivity index (χ2n) is 6.14. The first-order valence-electron chi connectivity index (χ1n) is 8.38. The fourth-order valence-electron chi connectivity index (χ4n) is 2.75. The SMILES string of the molecule is Cc1ccc(-n2ncc(-c3ccc(OC(F)F)cc3C)n2)cc1CNC(=O)O. The number of hydrogen-bond acceptors (Lipinski definition) is 4. The Morgan fingerprint density at radius 2 is 2.00 bits per heavy atom. The molecule has 0 unspecified atom stereocenters. The second kappa shape index (κ2) is 8.03. The van der Waals surface area contributed by atoms with Crippen LogP contribution in [0.25, 0.3) is 16.9 Å². The van der Waals surface area contributed by atoms with Gasteiger partial charge in [-0.15, -0.1) is 5.10 Å². The van der Waals surface area contributed by atoms with Crippen LogP contribution in [0.1, 0.15) is 16.7 Å². The van der Waals surface area contributed by atoms with Crippen molar-refractivity contribution < 1.29 is 23.4 Å². The van der Waals surface area contributed by atoms with Crippen LogP contribution >= 0.6 is 0 Å². The molecule has 1 aromatic heterocycles. The van der Waals surface area contributed by atoms with E-state index in [4.69, 9.17) is 5.11 Å². The maximum atomic E-state index is 12.3. The van der Waals surface area contributed by atoms with Crippen LogP contribution in [-0.4, -0.2) is 32.8 Å². The fourth-order valence-corrected chi connectivity index (χ4v) is 2.75. The van der Waals surface area contributed by atoms with E-state index in [9.17, 15) is 13.6 Å². The minimum atomic E-state index is -2.88. The van der Waals surface area contributed by atoms with Crippen molar-refractivity contribution in [3.8, 4) is 22.7 Å². The lowest BCUT2D eigenvalue weighted by Gasteiger charge is -2.09. The van der Waals surface area contributed by atoms with Crippen molar-refractivity contribution in [2.24, 2.45) is 0 Å². The van der Waals surface area contributed by atoms with E-state index in [2.05, 4.69) is 20.3 Å². The van der Waals surface area contributed by atoms with Crippen molar-refractivity contribution in [3.05, 3.63) is 59.3 Å². The van der Waals surface area contributed by atoms with E-state index in [0.29, 0.717) is 11.4 Å². The van der Waals surface area contributed by atoms with E-state index in [1.165, 1.54) is 16.9 Å². The minimum absolute atomic E-state index is 0.0812. The van der Waals surface area contributed by atoms with E-state index < -0.39 is 12.7 Å². The Kier molecular flexibility index (Phi) is 5.53. The maximum Gasteiger partial charge on any atom is 0.404 e. The number of halogens is 2. The number of carbonyl (C=O) groups is 1. The Bertz CT molecular complexity index is 1000. The third-order valence-electron chi connectivity index (χ3n) is 4.18. The number of aromatic nitrogens is 3. The van der Waals surface area contributed by atoms with Gasteiger partial charge in [-0.3, -0.25) is 0 Å². The number of nitrogens with one attached hydrogen (secondary N) is 1. The third kappa shape index (κ3) is 4.43. The van der Waals surface area contributed by atoms with Crippen LogP contribution in [0.2, 0.25) is 0 Å². The number of ether oxygens (including phenoxy) is 1. The molecular weight excluding hydrogens is 370 g/mol. The molecule has 0 aliphatic heterocycles. The summed E-state index contributed by atoms with van der Waals surface area (Å²) in [6.45, 7) is 0.955. The van der Waals surface area contributed by atoms with Crippen molar-refractivity contribution in [2.45, 2.75) is 27.0 Å². The van der Waals surface area contributed by atoms with Crippen molar-refractivity contribution >= 4 is 6.09 Å². The quantitative estimate of drug-likeness (QED) is 0.668. The Morgan fingerprint density at radius 1 is 1.21 bits per heavy atom. The van der Waals surface area contributed by atoms with Gasteiger partial charge in [0.1, 0.15) is 11.4 Å². The molecule has 1 heterocycles. The van der Waals surface area contributed by atoms with Crippen molar-refractivity contribution in [1.82, 2.24) is 20.3 Å². The number of alkyl halides is 2. The van der Waals surface area contributed by atoms with Gasteiger partial charge in [0.2, 0.25) is 0 Å². The second-order valence-corrected chi connectivity index (χ2v) is 6.14. The van der Waals surface area contributed by atoms with Gasteiger partial charge in [-0.2, -0.15) is 18.7 Å². The van der Waals surface area contributed by atoms with Gasteiger partial charge in [0.25, 0.3) is 0 Å². The first-order valence-corrected chi connectivity index (χ1v) is 8.38. The minimum Gasteiger partial charge on any atom is -0.465 e. The number of benzene rings is 2. The van der Waals surface area contributed by atoms with Gasteiger partial charge in [-0.25, -0.2) is 4.79 Å². The van der Waals surface area contributed by atoms with Crippen LogP contribution in [0.4, 0.5) is 13.6 Å². The van der Waals surface area contributed by atoms with E-state index in [0.717, 1.165) is 22.3 Å². The van der Waals surface area contributed by atoms with Crippen LogP contribution in [0.3, 0.4) is 0 Å². The van der Waals surface area contributed by atoms with Gasteiger partial charge in [-0.1, -0.05) is 6.07 Å². The molecule has 0 saturated carbocycles. The molecule has 0 saturated heterocycles. The molecule has 9 heteroatoms. The van der Waals surface area contributed by atoms with E-state index in [1.807, 2.05) is 25.1 Å². The number of rotatable bonds is 6. The molecule has 0 bridgehead atoms. The third-order valence-corrected chi connectivity index (χ3v) is 4.18. The van der Waals surface area contributed by atoms with Crippen LogP contribution < -0.4 is 10.1 Å². The summed E-state index contributed by atoms with van der Waals surface area (Å²) in [5, 5.41) is 19.8. The van der Waals surface area contributed by atoms with Gasteiger partial charge in [0.05, 0.1) is 11.9 Å². The smallest absolute Gasteiger partial charge is 0.404 e. The molecule has 0 radical (unpaired) electrons. The summed E-state index contributed by atoms with van der Waals surface area (Å²) in [5.74, 6) is 0.0812. The molecule has 0 spiro atoms. The summed E-state index contributed by atoms with van der Waals surface area (Å²) in [6, 6.07) is 10.1. The molecule has 3 aromatic rings. The topological polar surface area (TPSA) is 89.3 Å².